The van der Waals surface area contributed by atoms with Crippen LogP contribution in [0.25, 0.3) is 0 Å². The molecular weight excluding hydrogens is 330 g/mol. The van der Waals surface area contributed by atoms with Crippen molar-refractivity contribution in [2.75, 3.05) is 5.73 Å². The molecule has 4 heteroatoms. The molecule has 3 nitrogen and oxygen atoms in total. The lowest BCUT2D eigenvalue weighted by molar-refractivity contribution is 0.0256. The number of nitrogens with two attached hydrogens (primary N) is 1. The van der Waals surface area contributed by atoms with Crippen LogP contribution in [0, 0.1) is 0 Å². The topological polar surface area (TPSA) is 52.3 Å². The number of carbonyl (C=O) groups excluding carboxylic acids is 1. The highest BCUT2D eigenvalue weighted by molar-refractivity contribution is 9.10. The molecule has 0 fully saturated rings. The second-order valence-electron chi connectivity index (χ2n) is 5.22. The van der Waals surface area contributed by atoms with Gasteiger partial charge in [0, 0.05) is 10.2 Å². The van der Waals surface area contributed by atoms with Crippen molar-refractivity contribution >= 4 is 27.6 Å². The number of esters is 1. The summed E-state index contributed by atoms with van der Waals surface area (Å²) in [6, 6.07) is 13.3. The average Bonchev–Trinajstić information content (AvgIpc) is 2.50. The summed E-state index contributed by atoms with van der Waals surface area (Å²) in [6.45, 7) is 0. The molecule has 2 aromatic carbocycles. The van der Waals surface area contributed by atoms with Crippen molar-refractivity contribution in [1.82, 2.24) is 0 Å². The smallest absolute Gasteiger partial charge is 0.338 e. The SMILES string of the molecule is Nc1cc(C(=O)OC2CCCc3ccccc32)ccc1Br. The van der Waals surface area contributed by atoms with Crippen molar-refractivity contribution < 1.29 is 9.53 Å². The highest BCUT2D eigenvalue weighted by Gasteiger charge is 2.23. The zero-order chi connectivity index (χ0) is 14.8. The van der Waals surface area contributed by atoms with Crippen LogP contribution in [0.15, 0.2) is 46.9 Å². The van der Waals surface area contributed by atoms with Crippen LogP contribution in [0.4, 0.5) is 5.69 Å². The van der Waals surface area contributed by atoms with Gasteiger partial charge < -0.3 is 10.5 Å². The maximum atomic E-state index is 12.3. The molecule has 0 aliphatic heterocycles. The molecule has 21 heavy (non-hydrogen) atoms. The van der Waals surface area contributed by atoms with E-state index in [4.69, 9.17) is 10.5 Å². The van der Waals surface area contributed by atoms with Gasteiger partial charge in [-0.05, 0) is 64.5 Å². The highest BCUT2D eigenvalue weighted by Crippen LogP contribution is 2.33. The van der Waals surface area contributed by atoms with E-state index in [0.717, 1.165) is 29.3 Å². The van der Waals surface area contributed by atoms with Crippen LogP contribution in [-0.4, -0.2) is 5.97 Å². The zero-order valence-electron chi connectivity index (χ0n) is 11.5. The quantitative estimate of drug-likeness (QED) is 0.653. The molecule has 3 rings (SSSR count). The highest BCUT2D eigenvalue weighted by atomic mass is 79.9. The van der Waals surface area contributed by atoms with E-state index in [-0.39, 0.29) is 12.1 Å². The van der Waals surface area contributed by atoms with Gasteiger partial charge in [-0.15, -0.1) is 0 Å². The van der Waals surface area contributed by atoms with Gasteiger partial charge >= 0.3 is 5.97 Å². The lowest BCUT2D eigenvalue weighted by Gasteiger charge is -2.25. The van der Waals surface area contributed by atoms with Gasteiger partial charge in [0.2, 0.25) is 0 Å². The van der Waals surface area contributed by atoms with Crippen LogP contribution >= 0.6 is 15.9 Å². The van der Waals surface area contributed by atoms with Gasteiger partial charge in [0.1, 0.15) is 6.10 Å². The maximum Gasteiger partial charge on any atom is 0.338 e. The van der Waals surface area contributed by atoms with E-state index in [1.807, 2.05) is 18.2 Å². The minimum absolute atomic E-state index is 0.160. The molecule has 108 valence electrons. The number of anilines is 1. The molecule has 0 bridgehead atoms. The summed E-state index contributed by atoms with van der Waals surface area (Å²) < 4.78 is 6.47. The normalized spacial score (nSPS) is 17.1. The van der Waals surface area contributed by atoms with E-state index in [0.29, 0.717) is 11.3 Å². The lowest BCUT2D eigenvalue weighted by atomic mass is 9.89. The molecule has 0 radical (unpaired) electrons. The van der Waals surface area contributed by atoms with E-state index in [2.05, 4.69) is 22.0 Å². The van der Waals surface area contributed by atoms with E-state index in [9.17, 15) is 4.79 Å². The number of rotatable bonds is 2. The predicted octanol–water partition coefficient (Wildman–Crippen LogP) is 4.27. The molecule has 0 heterocycles. The Hall–Kier alpha value is -1.81. The summed E-state index contributed by atoms with van der Waals surface area (Å²) in [6.07, 6.45) is 2.80. The van der Waals surface area contributed by atoms with Crippen molar-refractivity contribution in [3.63, 3.8) is 0 Å². The summed E-state index contributed by atoms with van der Waals surface area (Å²) in [5.41, 5.74) is 9.24. The van der Waals surface area contributed by atoms with Crippen molar-refractivity contribution in [1.29, 1.82) is 0 Å². The summed E-state index contributed by atoms with van der Waals surface area (Å²) in [4.78, 5) is 12.3. The van der Waals surface area contributed by atoms with E-state index < -0.39 is 0 Å². The van der Waals surface area contributed by atoms with Crippen molar-refractivity contribution in [3.05, 3.63) is 63.6 Å². The molecule has 1 aliphatic rings. The van der Waals surface area contributed by atoms with E-state index in [1.165, 1.54) is 5.56 Å². The Morgan fingerprint density at radius 3 is 2.86 bits per heavy atom. The standard InChI is InChI=1S/C17H16BrNO2/c18-14-9-8-12(10-15(14)19)17(20)21-16-7-3-5-11-4-1-2-6-13(11)16/h1-2,4,6,8-10,16H,3,5,7,19H2. The third kappa shape index (κ3) is 2.95. The minimum Gasteiger partial charge on any atom is -0.454 e. The molecule has 1 atom stereocenters. The lowest BCUT2D eigenvalue weighted by Crippen LogP contribution is -2.17. The van der Waals surface area contributed by atoms with Crippen LogP contribution < -0.4 is 5.73 Å². The number of ether oxygens (including phenoxy) is 1. The first-order chi connectivity index (χ1) is 10.1. The van der Waals surface area contributed by atoms with Gasteiger partial charge in [-0.2, -0.15) is 0 Å². The summed E-state index contributed by atoms with van der Waals surface area (Å²) in [5, 5.41) is 0. The van der Waals surface area contributed by atoms with Crippen LogP contribution in [0.1, 0.15) is 40.4 Å². The first kappa shape index (κ1) is 14.1. The van der Waals surface area contributed by atoms with Crippen LogP contribution in [0.3, 0.4) is 0 Å². The summed E-state index contributed by atoms with van der Waals surface area (Å²) >= 11 is 3.32. The number of aryl methyl sites for hydroxylation is 1. The molecule has 0 aromatic heterocycles. The van der Waals surface area contributed by atoms with Crippen molar-refractivity contribution in [2.45, 2.75) is 25.4 Å². The Balaban J connectivity index is 1.81. The minimum atomic E-state index is -0.323. The van der Waals surface area contributed by atoms with Gasteiger partial charge in [0.15, 0.2) is 0 Å². The third-order valence-electron chi connectivity index (χ3n) is 3.80. The Morgan fingerprint density at radius 1 is 1.24 bits per heavy atom. The first-order valence-electron chi connectivity index (χ1n) is 6.99. The van der Waals surface area contributed by atoms with Gasteiger partial charge in [-0.3, -0.25) is 0 Å². The van der Waals surface area contributed by atoms with Gasteiger partial charge in [0.05, 0.1) is 5.56 Å². The monoisotopic (exact) mass is 345 g/mol. The van der Waals surface area contributed by atoms with E-state index in [1.54, 1.807) is 18.2 Å². The molecule has 1 unspecified atom stereocenters. The average molecular weight is 346 g/mol. The Bertz CT molecular complexity index is 684. The Labute approximate surface area is 132 Å². The number of hydrogen-bond donors (Lipinski definition) is 1. The number of carbonyl (C=O) groups is 1. The maximum absolute atomic E-state index is 12.3. The molecule has 0 saturated carbocycles. The fraction of sp³-hybridized carbons (Fsp3) is 0.235. The first-order valence-corrected chi connectivity index (χ1v) is 7.78. The van der Waals surface area contributed by atoms with Crippen molar-refractivity contribution in [2.24, 2.45) is 0 Å². The molecule has 1 aliphatic carbocycles. The van der Waals surface area contributed by atoms with Crippen molar-refractivity contribution in [3.8, 4) is 0 Å². The molecule has 0 saturated heterocycles. The summed E-state index contributed by atoms with van der Waals surface area (Å²) in [5.74, 6) is -0.323. The molecule has 0 amide bonds. The number of hydrogen-bond acceptors (Lipinski definition) is 3. The molecule has 2 aromatic rings. The third-order valence-corrected chi connectivity index (χ3v) is 4.52. The summed E-state index contributed by atoms with van der Waals surface area (Å²) in [7, 11) is 0. The largest absolute Gasteiger partial charge is 0.454 e. The number of benzene rings is 2. The number of halogens is 1. The zero-order valence-corrected chi connectivity index (χ0v) is 13.1. The second-order valence-corrected chi connectivity index (χ2v) is 6.08. The Morgan fingerprint density at radius 2 is 2.05 bits per heavy atom. The van der Waals surface area contributed by atoms with Gasteiger partial charge in [0.25, 0.3) is 0 Å². The van der Waals surface area contributed by atoms with Crippen LogP contribution in [-0.2, 0) is 11.2 Å². The molecular formula is C17H16BrNO2. The fourth-order valence-corrected chi connectivity index (χ4v) is 2.95. The van der Waals surface area contributed by atoms with Gasteiger partial charge in [-0.1, -0.05) is 24.3 Å². The fourth-order valence-electron chi connectivity index (χ4n) is 2.70. The van der Waals surface area contributed by atoms with Gasteiger partial charge in [-0.25, -0.2) is 4.79 Å². The second kappa shape index (κ2) is 5.90. The predicted molar refractivity (Wildman–Crippen MR) is 86.1 cm³/mol. The number of nitrogen functional groups attached to an aromatic ring is 1. The molecule has 2 N–H and O–H groups in total. The Kier molecular flexibility index (Phi) is 3.97. The number of fused-ring (bicyclic) bond motifs is 1. The van der Waals surface area contributed by atoms with Crippen LogP contribution in [0.5, 0.6) is 0 Å². The van der Waals surface area contributed by atoms with Crippen LogP contribution in [0.2, 0.25) is 0 Å². The molecule has 0 spiro atoms. The van der Waals surface area contributed by atoms with E-state index >= 15 is 0 Å².